The molecule has 0 bridgehead atoms. The molecule has 25 heavy (non-hydrogen) atoms. The number of hydrogen-bond donors (Lipinski definition) is 1. The summed E-state index contributed by atoms with van der Waals surface area (Å²) in [4.78, 5) is 35.8. The maximum atomic E-state index is 12.4. The molecule has 0 heterocycles. The van der Waals surface area contributed by atoms with Crippen molar-refractivity contribution in [3.05, 3.63) is 71.3 Å². The number of esters is 2. The van der Waals surface area contributed by atoms with E-state index in [-0.39, 0.29) is 12.0 Å². The monoisotopic (exact) mass is 340 g/mol. The van der Waals surface area contributed by atoms with E-state index in [1.165, 1.54) is 6.07 Å². The molecule has 0 saturated heterocycles. The summed E-state index contributed by atoms with van der Waals surface area (Å²) in [5.74, 6) is -2.94. The molecule has 5 heteroatoms. The highest BCUT2D eigenvalue weighted by Gasteiger charge is 2.25. The van der Waals surface area contributed by atoms with Gasteiger partial charge in [0, 0.05) is 0 Å². The van der Waals surface area contributed by atoms with E-state index >= 15 is 0 Å². The van der Waals surface area contributed by atoms with Gasteiger partial charge in [-0.15, -0.1) is 0 Å². The third-order valence-electron chi connectivity index (χ3n) is 3.89. The Labute approximate surface area is 146 Å². The zero-order valence-corrected chi connectivity index (χ0v) is 14.0. The summed E-state index contributed by atoms with van der Waals surface area (Å²) < 4.78 is 5.00. The molecule has 0 saturated carbocycles. The van der Waals surface area contributed by atoms with Crippen LogP contribution in [0, 0.1) is 5.92 Å². The van der Waals surface area contributed by atoms with Crippen molar-refractivity contribution >= 4 is 17.9 Å². The van der Waals surface area contributed by atoms with Crippen LogP contribution in [-0.4, -0.2) is 23.0 Å². The van der Waals surface area contributed by atoms with Gasteiger partial charge in [0.2, 0.25) is 0 Å². The second-order valence-electron chi connectivity index (χ2n) is 5.73. The van der Waals surface area contributed by atoms with Gasteiger partial charge in [0.1, 0.15) is 0 Å². The minimum atomic E-state index is -1.04. The Kier molecular flexibility index (Phi) is 6.46. The van der Waals surface area contributed by atoms with Crippen molar-refractivity contribution in [2.24, 2.45) is 5.92 Å². The van der Waals surface area contributed by atoms with Crippen LogP contribution in [0.25, 0.3) is 0 Å². The number of rotatable bonds is 7. The Bertz CT molecular complexity index is 752. The van der Waals surface area contributed by atoms with E-state index < -0.39 is 23.8 Å². The minimum absolute atomic E-state index is 0.158. The smallest absolute Gasteiger partial charge is 0.345 e. The van der Waals surface area contributed by atoms with Gasteiger partial charge in [0.15, 0.2) is 0 Å². The van der Waals surface area contributed by atoms with Crippen LogP contribution in [0.2, 0.25) is 0 Å². The first-order valence-corrected chi connectivity index (χ1v) is 8.15. The lowest BCUT2D eigenvalue weighted by atomic mass is 9.92. The topological polar surface area (TPSA) is 80.7 Å². The Morgan fingerprint density at radius 1 is 1.00 bits per heavy atom. The van der Waals surface area contributed by atoms with E-state index in [4.69, 9.17) is 4.74 Å². The minimum Gasteiger partial charge on any atom is -0.478 e. The number of carboxylic acids is 1. The SMILES string of the molecule is CCCC(Cc1ccccc1C(=O)O)C(=O)OC(=O)c1ccccc1. The maximum Gasteiger partial charge on any atom is 0.345 e. The molecule has 0 spiro atoms. The fourth-order valence-electron chi connectivity index (χ4n) is 2.63. The molecule has 0 aromatic heterocycles. The van der Waals surface area contributed by atoms with Gasteiger partial charge in [0.05, 0.1) is 17.0 Å². The Morgan fingerprint density at radius 2 is 1.64 bits per heavy atom. The van der Waals surface area contributed by atoms with Gasteiger partial charge in [0.25, 0.3) is 0 Å². The molecule has 1 atom stereocenters. The standard InChI is InChI=1S/C20H20O5/c1-2-8-16(13-15-11-6-7-12-17(15)18(21)22)20(24)25-19(23)14-9-4-3-5-10-14/h3-7,9-12,16H,2,8,13H2,1H3,(H,21,22). The highest BCUT2D eigenvalue weighted by Crippen LogP contribution is 2.20. The van der Waals surface area contributed by atoms with E-state index in [2.05, 4.69) is 0 Å². The van der Waals surface area contributed by atoms with Gasteiger partial charge in [-0.2, -0.15) is 0 Å². The molecule has 1 N–H and O–H groups in total. The van der Waals surface area contributed by atoms with E-state index in [1.807, 2.05) is 6.92 Å². The van der Waals surface area contributed by atoms with Crippen LogP contribution in [0.5, 0.6) is 0 Å². The van der Waals surface area contributed by atoms with Crippen LogP contribution in [-0.2, 0) is 16.0 Å². The van der Waals surface area contributed by atoms with Crippen molar-refractivity contribution in [2.75, 3.05) is 0 Å². The van der Waals surface area contributed by atoms with Crippen molar-refractivity contribution in [1.29, 1.82) is 0 Å². The average Bonchev–Trinajstić information content (AvgIpc) is 2.62. The molecule has 2 aromatic rings. The predicted molar refractivity (Wildman–Crippen MR) is 92.4 cm³/mol. The van der Waals surface area contributed by atoms with Crippen LogP contribution in [0.1, 0.15) is 46.0 Å². The third-order valence-corrected chi connectivity index (χ3v) is 3.89. The van der Waals surface area contributed by atoms with Crippen molar-refractivity contribution in [3.8, 4) is 0 Å². The Morgan fingerprint density at radius 3 is 2.28 bits per heavy atom. The van der Waals surface area contributed by atoms with E-state index in [0.29, 0.717) is 24.0 Å². The Balaban J connectivity index is 2.13. The molecular formula is C20H20O5. The molecule has 0 radical (unpaired) electrons. The average molecular weight is 340 g/mol. The van der Waals surface area contributed by atoms with Gasteiger partial charge < -0.3 is 9.84 Å². The zero-order valence-electron chi connectivity index (χ0n) is 14.0. The molecule has 0 fully saturated rings. The number of aromatic carboxylic acids is 1. The fraction of sp³-hybridized carbons (Fsp3) is 0.250. The first kappa shape index (κ1) is 18.4. The summed E-state index contributed by atoms with van der Waals surface area (Å²) >= 11 is 0. The summed E-state index contributed by atoms with van der Waals surface area (Å²) in [7, 11) is 0. The van der Waals surface area contributed by atoms with Gasteiger partial charge in [-0.05, 0) is 36.6 Å². The molecule has 2 aromatic carbocycles. The number of benzene rings is 2. The molecule has 2 rings (SSSR count). The summed E-state index contributed by atoms with van der Waals surface area (Å²) in [6.45, 7) is 1.92. The lowest BCUT2D eigenvalue weighted by molar-refractivity contribution is -0.142. The Hall–Kier alpha value is -2.95. The number of hydrogen-bond acceptors (Lipinski definition) is 4. The first-order chi connectivity index (χ1) is 12.0. The zero-order chi connectivity index (χ0) is 18.2. The van der Waals surface area contributed by atoms with Crippen LogP contribution in [0.4, 0.5) is 0 Å². The molecule has 1 unspecified atom stereocenters. The van der Waals surface area contributed by atoms with Gasteiger partial charge in [-0.1, -0.05) is 49.7 Å². The quantitative estimate of drug-likeness (QED) is 0.613. The number of carboxylic acid groups (broad SMARTS) is 1. The molecule has 0 aliphatic rings. The van der Waals surface area contributed by atoms with Crippen molar-refractivity contribution in [1.82, 2.24) is 0 Å². The summed E-state index contributed by atoms with van der Waals surface area (Å²) in [5, 5.41) is 9.27. The molecule has 5 nitrogen and oxygen atoms in total. The number of carbonyl (C=O) groups is 3. The first-order valence-electron chi connectivity index (χ1n) is 8.15. The van der Waals surface area contributed by atoms with Gasteiger partial charge in [-0.3, -0.25) is 4.79 Å². The highest BCUT2D eigenvalue weighted by molar-refractivity contribution is 5.97. The van der Waals surface area contributed by atoms with Crippen molar-refractivity contribution in [2.45, 2.75) is 26.2 Å². The second-order valence-corrected chi connectivity index (χ2v) is 5.73. The van der Waals surface area contributed by atoms with Crippen molar-refractivity contribution in [3.63, 3.8) is 0 Å². The van der Waals surface area contributed by atoms with E-state index in [1.54, 1.807) is 48.5 Å². The number of carbonyl (C=O) groups excluding carboxylic acids is 2. The largest absolute Gasteiger partial charge is 0.478 e. The second kappa shape index (κ2) is 8.78. The van der Waals surface area contributed by atoms with Crippen molar-refractivity contribution < 1.29 is 24.2 Å². The summed E-state index contributed by atoms with van der Waals surface area (Å²) in [6, 6.07) is 14.8. The lowest BCUT2D eigenvalue weighted by Gasteiger charge is -2.15. The van der Waals surface area contributed by atoms with Gasteiger partial charge >= 0.3 is 17.9 Å². The molecular weight excluding hydrogens is 320 g/mol. The van der Waals surface area contributed by atoms with E-state index in [9.17, 15) is 19.5 Å². The maximum absolute atomic E-state index is 12.4. The summed E-state index contributed by atoms with van der Waals surface area (Å²) in [5.41, 5.74) is 1.01. The van der Waals surface area contributed by atoms with Crippen LogP contribution >= 0.6 is 0 Å². The third kappa shape index (κ3) is 5.01. The van der Waals surface area contributed by atoms with Crippen LogP contribution in [0.15, 0.2) is 54.6 Å². The lowest BCUT2D eigenvalue weighted by Crippen LogP contribution is -2.24. The molecule has 0 aliphatic heterocycles. The fourth-order valence-corrected chi connectivity index (χ4v) is 2.63. The number of ether oxygens (including phenoxy) is 1. The molecule has 0 amide bonds. The summed E-state index contributed by atoms with van der Waals surface area (Å²) in [6.07, 6.45) is 1.45. The molecule has 0 aliphatic carbocycles. The predicted octanol–water partition coefficient (Wildman–Crippen LogP) is 3.73. The normalized spacial score (nSPS) is 11.6. The molecule has 130 valence electrons. The van der Waals surface area contributed by atoms with Gasteiger partial charge in [-0.25, -0.2) is 9.59 Å². The van der Waals surface area contributed by atoms with E-state index in [0.717, 1.165) is 0 Å². The van der Waals surface area contributed by atoms with Crippen LogP contribution in [0.3, 0.4) is 0 Å². The van der Waals surface area contributed by atoms with Crippen LogP contribution < -0.4 is 0 Å². The highest BCUT2D eigenvalue weighted by atomic mass is 16.6.